The van der Waals surface area contributed by atoms with E-state index < -0.39 is 0 Å². The van der Waals surface area contributed by atoms with Gasteiger partial charge in [0.05, 0.1) is 5.56 Å². The number of nitrogens with one attached hydrogen (secondary N) is 1. The highest BCUT2D eigenvalue weighted by atomic mass is 16.1. The van der Waals surface area contributed by atoms with Crippen molar-refractivity contribution < 1.29 is 4.79 Å². The molecule has 0 spiro atoms. The number of carbonyl (C=O) groups is 1. The van der Waals surface area contributed by atoms with Crippen LogP contribution in [0.4, 0.5) is 11.5 Å². The van der Waals surface area contributed by atoms with Crippen LogP contribution in [0.3, 0.4) is 0 Å². The Hall–Kier alpha value is -3.21. The molecule has 1 aromatic carbocycles. The zero-order valence-electron chi connectivity index (χ0n) is 15.7. The quantitative estimate of drug-likeness (QED) is 0.693. The zero-order chi connectivity index (χ0) is 19.1. The van der Waals surface area contributed by atoms with E-state index in [0.717, 1.165) is 30.9 Å². The minimum absolute atomic E-state index is 0.155. The molecule has 0 aliphatic rings. The molecule has 0 atom stereocenters. The molecule has 5 heteroatoms. The van der Waals surface area contributed by atoms with Crippen LogP contribution < -0.4 is 10.2 Å². The third-order valence-corrected chi connectivity index (χ3v) is 4.51. The Bertz CT molecular complexity index is 861. The molecule has 5 nitrogen and oxygen atoms in total. The summed E-state index contributed by atoms with van der Waals surface area (Å²) in [7, 11) is 2.00. The van der Waals surface area contributed by atoms with Gasteiger partial charge < -0.3 is 10.2 Å². The van der Waals surface area contributed by atoms with Gasteiger partial charge in [-0.1, -0.05) is 19.1 Å². The van der Waals surface area contributed by atoms with Crippen LogP contribution in [0.2, 0.25) is 0 Å². The molecule has 2 aromatic heterocycles. The van der Waals surface area contributed by atoms with E-state index in [9.17, 15) is 4.79 Å². The standard InChI is InChI=1S/C22H24N4O/c1-3-17-4-7-20(8-5-17)25-22(27)19-6-9-21(24-16-19)26(2)15-12-18-10-13-23-14-11-18/h4-11,13-14,16H,3,12,15H2,1-2H3,(H,25,27). The number of amides is 1. The molecule has 0 unspecified atom stereocenters. The van der Waals surface area contributed by atoms with Gasteiger partial charge in [-0.15, -0.1) is 0 Å². The second-order valence-corrected chi connectivity index (χ2v) is 6.44. The number of aryl methyl sites for hydroxylation is 1. The maximum Gasteiger partial charge on any atom is 0.257 e. The van der Waals surface area contributed by atoms with Crippen LogP contribution in [-0.4, -0.2) is 29.5 Å². The van der Waals surface area contributed by atoms with Gasteiger partial charge in [-0.3, -0.25) is 9.78 Å². The molecule has 0 aliphatic carbocycles. The number of nitrogens with zero attached hydrogens (tertiary/aromatic N) is 3. The van der Waals surface area contributed by atoms with Crippen molar-refractivity contribution >= 4 is 17.4 Å². The molecule has 0 saturated carbocycles. The van der Waals surface area contributed by atoms with Gasteiger partial charge in [0.15, 0.2) is 0 Å². The number of aromatic nitrogens is 2. The monoisotopic (exact) mass is 360 g/mol. The summed E-state index contributed by atoms with van der Waals surface area (Å²) in [6.45, 7) is 2.95. The number of likely N-dealkylation sites (N-methyl/N-ethyl adjacent to an activating group) is 1. The minimum Gasteiger partial charge on any atom is -0.359 e. The lowest BCUT2D eigenvalue weighted by molar-refractivity contribution is 0.102. The molecule has 27 heavy (non-hydrogen) atoms. The van der Waals surface area contributed by atoms with Gasteiger partial charge in [0.1, 0.15) is 5.82 Å². The van der Waals surface area contributed by atoms with Crippen LogP contribution in [0.1, 0.15) is 28.4 Å². The first kappa shape index (κ1) is 18.6. The highest BCUT2D eigenvalue weighted by molar-refractivity contribution is 6.04. The Kier molecular flexibility index (Phi) is 6.15. The molecule has 3 rings (SSSR count). The van der Waals surface area contributed by atoms with Gasteiger partial charge in [-0.25, -0.2) is 4.98 Å². The summed E-state index contributed by atoms with van der Waals surface area (Å²) in [5, 5.41) is 2.91. The van der Waals surface area contributed by atoms with Crippen LogP contribution in [0, 0.1) is 0 Å². The number of benzene rings is 1. The van der Waals surface area contributed by atoms with Crippen LogP contribution in [0.25, 0.3) is 0 Å². The summed E-state index contributed by atoms with van der Waals surface area (Å²) in [6, 6.07) is 15.6. The molecule has 138 valence electrons. The summed E-state index contributed by atoms with van der Waals surface area (Å²) >= 11 is 0. The number of pyridine rings is 2. The molecule has 0 bridgehead atoms. The Balaban J connectivity index is 1.57. The van der Waals surface area contributed by atoms with E-state index in [1.165, 1.54) is 11.1 Å². The summed E-state index contributed by atoms with van der Waals surface area (Å²) in [4.78, 5) is 22.9. The first-order valence-corrected chi connectivity index (χ1v) is 9.12. The Labute approximate surface area is 160 Å². The van der Waals surface area contributed by atoms with Crippen molar-refractivity contribution in [1.82, 2.24) is 9.97 Å². The van der Waals surface area contributed by atoms with E-state index in [-0.39, 0.29) is 5.91 Å². The largest absolute Gasteiger partial charge is 0.359 e. The number of anilines is 2. The molecular weight excluding hydrogens is 336 g/mol. The average molecular weight is 360 g/mol. The van der Waals surface area contributed by atoms with Crippen molar-refractivity contribution in [2.75, 3.05) is 23.8 Å². The number of hydrogen-bond acceptors (Lipinski definition) is 4. The number of carbonyl (C=O) groups excluding carboxylic acids is 1. The molecule has 3 aromatic rings. The van der Waals surface area contributed by atoms with E-state index >= 15 is 0 Å². The fourth-order valence-electron chi connectivity index (χ4n) is 2.73. The fourth-order valence-corrected chi connectivity index (χ4v) is 2.73. The van der Waals surface area contributed by atoms with Crippen molar-refractivity contribution in [3.8, 4) is 0 Å². The molecule has 0 radical (unpaired) electrons. The maximum atomic E-state index is 12.4. The van der Waals surface area contributed by atoms with Crippen LogP contribution >= 0.6 is 0 Å². The highest BCUT2D eigenvalue weighted by Crippen LogP contribution is 2.14. The normalized spacial score (nSPS) is 10.4. The summed E-state index contributed by atoms with van der Waals surface area (Å²) in [6.07, 6.45) is 7.12. The lowest BCUT2D eigenvalue weighted by Crippen LogP contribution is -2.21. The minimum atomic E-state index is -0.155. The summed E-state index contributed by atoms with van der Waals surface area (Å²) < 4.78 is 0. The van der Waals surface area contributed by atoms with Crippen LogP contribution in [0.5, 0.6) is 0 Å². The third-order valence-electron chi connectivity index (χ3n) is 4.51. The third kappa shape index (κ3) is 5.14. The van der Waals surface area contributed by atoms with Gasteiger partial charge >= 0.3 is 0 Å². The predicted octanol–water partition coefficient (Wildman–Crippen LogP) is 3.97. The molecular formula is C22H24N4O. The molecule has 0 saturated heterocycles. The van der Waals surface area contributed by atoms with Crippen molar-refractivity contribution in [2.24, 2.45) is 0 Å². The lowest BCUT2D eigenvalue weighted by atomic mass is 10.1. The average Bonchev–Trinajstić information content (AvgIpc) is 2.73. The van der Waals surface area contributed by atoms with Gasteiger partial charge in [-0.05, 0) is 60.4 Å². The topological polar surface area (TPSA) is 58.1 Å². The maximum absolute atomic E-state index is 12.4. The van der Waals surface area contributed by atoms with Crippen molar-refractivity contribution in [2.45, 2.75) is 19.8 Å². The van der Waals surface area contributed by atoms with E-state index in [1.54, 1.807) is 24.7 Å². The second-order valence-electron chi connectivity index (χ2n) is 6.44. The first-order chi connectivity index (χ1) is 13.2. The van der Waals surface area contributed by atoms with Gasteiger partial charge in [0, 0.05) is 37.9 Å². The van der Waals surface area contributed by atoms with Crippen LogP contribution in [0.15, 0.2) is 67.1 Å². The SMILES string of the molecule is CCc1ccc(NC(=O)c2ccc(N(C)CCc3ccncc3)nc2)cc1. The van der Waals surface area contributed by atoms with Crippen molar-refractivity contribution in [3.63, 3.8) is 0 Å². The smallest absolute Gasteiger partial charge is 0.257 e. The molecule has 2 heterocycles. The fraction of sp³-hybridized carbons (Fsp3) is 0.227. The highest BCUT2D eigenvalue weighted by Gasteiger charge is 2.09. The summed E-state index contributed by atoms with van der Waals surface area (Å²) in [5.41, 5.74) is 3.81. The molecule has 1 amide bonds. The zero-order valence-corrected chi connectivity index (χ0v) is 15.7. The molecule has 0 fully saturated rings. The van der Waals surface area contributed by atoms with Crippen molar-refractivity contribution in [3.05, 3.63) is 83.8 Å². The van der Waals surface area contributed by atoms with Crippen molar-refractivity contribution in [1.29, 1.82) is 0 Å². The van der Waals surface area contributed by atoms with E-state index in [4.69, 9.17) is 0 Å². The summed E-state index contributed by atoms with van der Waals surface area (Å²) in [5.74, 6) is 0.686. The Morgan fingerprint density at radius 3 is 2.37 bits per heavy atom. The Morgan fingerprint density at radius 1 is 1.00 bits per heavy atom. The molecule has 1 N–H and O–H groups in total. The lowest BCUT2D eigenvalue weighted by Gasteiger charge is -2.18. The van der Waals surface area contributed by atoms with E-state index in [1.807, 2.05) is 49.5 Å². The second kappa shape index (κ2) is 8.94. The van der Waals surface area contributed by atoms with E-state index in [2.05, 4.69) is 27.1 Å². The van der Waals surface area contributed by atoms with Gasteiger partial charge in [0.25, 0.3) is 5.91 Å². The predicted molar refractivity (Wildman–Crippen MR) is 109 cm³/mol. The first-order valence-electron chi connectivity index (χ1n) is 9.12. The number of hydrogen-bond donors (Lipinski definition) is 1. The number of rotatable bonds is 7. The van der Waals surface area contributed by atoms with E-state index in [0.29, 0.717) is 5.56 Å². The van der Waals surface area contributed by atoms with Gasteiger partial charge in [-0.2, -0.15) is 0 Å². The van der Waals surface area contributed by atoms with Gasteiger partial charge in [0.2, 0.25) is 0 Å². The van der Waals surface area contributed by atoms with Crippen LogP contribution in [-0.2, 0) is 12.8 Å². The molecule has 0 aliphatic heterocycles. The Morgan fingerprint density at radius 2 is 1.74 bits per heavy atom.